The van der Waals surface area contributed by atoms with Gasteiger partial charge in [0.05, 0.1) is 25.4 Å². The lowest BCUT2D eigenvalue weighted by Gasteiger charge is -2.60. The molecular weight excluding hydrogens is 723 g/mol. The molecule has 58 heavy (non-hydrogen) atoms. The van der Waals surface area contributed by atoms with Crippen molar-refractivity contribution < 1.29 is 29.3 Å². The molecule has 10 rings (SSSR count). The Labute approximate surface area is 344 Å². The number of benzene rings is 4. The summed E-state index contributed by atoms with van der Waals surface area (Å²) in [6.45, 7) is 9.76. The number of rotatable bonds is 8. The van der Waals surface area contributed by atoms with E-state index in [1.165, 1.54) is 12.0 Å². The van der Waals surface area contributed by atoms with Crippen molar-refractivity contribution in [1.29, 1.82) is 0 Å². The second-order valence-corrected chi connectivity index (χ2v) is 19.0. The van der Waals surface area contributed by atoms with Crippen LogP contribution in [0, 0.1) is 28.6 Å². The molecule has 0 heterocycles. The third-order valence-electron chi connectivity index (χ3n) is 15.4. The Morgan fingerprint density at radius 3 is 2.36 bits per heavy atom. The molecular formula is C51H61NO6. The molecule has 6 aliphatic carbocycles. The first kappa shape index (κ1) is 40.3. The number of fused-ring (bicyclic) bond motifs is 11. The van der Waals surface area contributed by atoms with Gasteiger partial charge < -0.3 is 24.6 Å². The van der Waals surface area contributed by atoms with E-state index >= 15 is 0 Å². The zero-order valence-electron chi connectivity index (χ0n) is 35.0. The first-order valence-electron chi connectivity index (χ1n) is 21.6. The minimum atomic E-state index is -1.26. The fourth-order valence-corrected chi connectivity index (χ4v) is 11.5. The molecule has 0 saturated heterocycles. The van der Waals surface area contributed by atoms with Gasteiger partial charge in [-0.3, -0.25) is 4.79 Å². The van der Waals surface area contributed by atoms with Gasteiger partial charge in [-0.1, -0.05) is 74.9 Å². The van der Waals surface area contributed by atoms with Crippen LogP contribution in [0.5, 0.6) is 11.5 Å². The number of amides is 1. The number of hydrogen-bond acceptors (Lipinski definition) is 6. The highest BCUT2D eigenvalue weighted by Gasteiger charge is 2.59. The van der Waals surface area contributed by atoms with E-state index in [0.717, 1.165) is 53.5 Å². The van der Waals surface area contributed by atoms with Crippen LogP contribution in [0.4, 0.5) is 4.79 Å². The molecule has 4 saturated carbocycles. The van der Waals surface area contributed by atoms with Crippen molar-refractivity contribution in [1.82, 2.24) is 4.90 Å². The van der Waals surface area contributed by atoms with Crippen LogP contribution in [0.2, 0.25) is 0 Å². The average molecular weight is 784 g/mol. The van der Waals surface area contributed by atoms with Crippen molar-refractivity contribution in [2.24, 2.45) is 28.6 Å². The van der Waals surface area contributed by atoms with Gasteiger partial charge in [0.15, 0.2) is 5.78 Å². The van der Waals surface area contributed by atoms with Crippen molar-refractivity contribution in [3.05, 3.63) is 119 Å². The number of carbonyl (C=O) groups is 2. The minimum Gasteiger partial charge on any atom is -0.497 e. The highest BCUT2D eigenvalue weighted by atomic mass is 16.6. The topological polar surface area (TPSA) is 96.3 Å². The number of ketones is 1. The maximum Gasteiger partial charge on any atom is 0.415 e. The Morgan fingerprint density at radius 2 is 1.62 bits per heavy atom. The average Bonchev–Trinajstić information content (AvgIpc) is 3.47. The van der Waals surface area contributed by atoms with E-state index in [2.05, 4.69) is 45.9 Å². The lowest BCUT2D eigenvalue weighted by atomic mass is 9.45. The van der Waals surface area contributed by atoms with Gasteiger partial charge >= 0.3 is 6.09 Å². The largest absolute Gasteiger partial charge is 0.497 e. The van der Waals surface area contributed by atoms with E-state index in [4.69, 9.17) is 9.47 Å². The van der Waals surface area contributed by atoms with Crippen molar-refractivity contribution in [3.63, 3.8) is 0 Å². The van der Waals surface area contributed by atoms with Crippen LogP contribution in [0.1, 0.15) is 118 Å². The second kappa shape index (κ2) is 16.0. The normalized spacial score (nSPS) is 29.1. The van der Waals surface area contributed by atoms with Crippen molar-refractivity contribution in [3.8, 4) is 11.5 Å². The van der Waals surface area contributed by atoms with Gasteiger partial charge in [0.1, 0.15) is 11.5 Å². The van der Waals surface area contributed by atoms with Gasteiger partial charge in [-0.15, -0.1) is 0 Å². The molecule has 4 bridgehead atoms. The summed E-state index contributed by atoms with van der Waals surface area (Å²) in [7, 11) is 1.61. The van der Waals surface area contributed by atoms with Crippen molar-refractivity contribution in [2.45, 2.75) is 110 Å². The van der Waals surface area contributed by atoms with Gasteiger partial charge in [-0.2, -0.15) is 0 Å². The molecule has 7 atom stereocenters. The van der Waals surface area contributed by atoms with E-state index < -0.39 is 23.2 Å². The van der Waals surface area contributed by atoms with Gasteiger partial charge in [-0.05, 0) is 165 Å². The van der Waals surface area contributed by atoms with Crippen LogP contribution in [0.15, 0.2) is 96.6 Å². The molecule has 0 radical (unpaired) electrons. The van der Waals surface area contributed by atoms with Gasteiger partial charge in [0.2, 0.25) is 0 Å². The van der Waals surface area contributed by atoms with E-state index in [1.54, 1.807) is 19.2 Å². The molecule has 7 nitrogen and oxygen atoms in total. The Bertz CT molecular complexity index is 2190. The van der Waals surface area contributed by atoms with Crippen LogP contribution in [0.25, 0.3) is 10.8 Å². The molecule has 2 N–H and O–H groups in total. The van der Waals surface area contributed by atoms with Crippen molar-refractivity contribution in [2.75, 3.05) is 20.2 Å². The fourth-order valence-electron chi connectivity index (χ4n) is 11.5. The summed E-state index contributed by atoms with van der Waals surface area (Å²) in [6, 6.07) is 27.1. The molecule has 7 heteroatoms. The molecule has 0 spiro atoms. The second-order valence-electron chi connectivity index (χ2n) is 19.0. The first-order chi connectivity index (χ1) is 27.8. The monoisotopic (exact) mass is 783 g/mol. The number of aliphatic hydroxyl groups is 2. The lowest BCUT2D eigenvalue weighted by molar-refractivity contribution is -0.119. The summed E-state index contributed by atoms with van der Waals surface area (Å²) in [5.41, 5.74) is 2.50. The molecule has 4 aromatic carbocycles. The van der Waals surface area contributed by atoms with Crippen molar-refractivity contribution >= 4 is 22.6 Å². The summed E-state index contributed by atoms with van der Waals surface area (Å²) in [4.78, 5) is 31.0. The smallest absolute Gasteiger partial charge is 0.415 e. The summed E-state index contributed by atoms with van der Waals surface area (Å²) in [5, 5.41) is 26.5. The van der Waals surface area contributed by atoms with Gasteiger partial charge in [0.25, 0.3) is 0 Å². The highest BCUT2D eigenvalue weighted by Crippen LogP contribution is 2.62. The minimum absolute atomic E-state index is 0.0890. The summed E-state index contributed by atoms with van der Waals surface area (Å²) < 4.78 is 11.6. The van der Waals surface area contributed by atoms with Crippen LogP contribution >= 0.6 is 0 Å². The van der Waals surface area contributed by atoms with Crippen LogP contribution in [-0.4, -0.2) is 58.9 Å². The number of nitrogens with zero attached hydrogens (tertiary/aromatic N) is 1. The predicted octanol–water partition coefficient (Wildman–Crippen LogP) is 10.7. The first-order valence-corrected chi connectivity index (χ1v) is 21.6. The molecule has 0 unspecified atom stereocenters. The molecule has 0 aliphatic heterocycles. The van der Waals surface area contributed by atoms with E-state index in [0.29, 0.717) is 73.1 Å². The summed E-state index contributed by atoms with van der Waals surface area (Å²) in [5.74, 6) is 2.50. The molecule has 6 aliphatic rings. The maximum absolute atomic E-state index is 14.6. The summed E-state index contributed by atoms with van der Waals surface area (Å²) in [6.07, 6.45) is 9.13. The lowest BCUT2D eigenvalue weighted by Crippen LogP contribution is -2.58. The number of hydrogen-bond donors (Lipinski definition) is 2. The zero-order chi connectivity index (χ0) is 40.8. The Morgan fingerprint density at radius 1 is 0.862 bits per heavy atom. The Kier molecular flexibility index (Phi) is 11.1. The molecule has 0 aromatic heterocycles. The molecule has 306 valence electrons. The number of ether oxygens (including phenoxy) is 2. The predicted molar refractivity (Wildman–Crippen MR) is 229 cm³/mol. The molecule has 4 fully saturated rings. The summed E-state index contributed by atoms with van der Waals surface area (Å²) >= 11 is 0. The highest BCUT2D eigenvalue weighted by molar-refractivity contribution is 6.10. The van der Waals surface area contributed by atoms with Gasteiger partial charge in [-0.25, -0.2) is 4.79 Å². The third kappa shape index (κ3) is 7.61. The number of methoxy groups -OCH3 is 1. The van der Waals surface area contributed by atoms with E-state index in [-0.39, 0.29) is 23.7 Å². The zero-order valence-corrected chi connectivity index (χ0v) is 35.0. The van der Waals surface area contributed by atoms with E-state index in [9.17, 15) is 19.8 Å². The number of carbonyl (C=O) groups excluding carboxylic acids is 2. The van der Waals surface area contributed by atoms with E-state index in [1.807, 2.05) is 65.6 Å². The van der Waals surface area contributed by atoms with Crippen LogP contribution < -0.4 is 9.47 Å². The molecule has 4 aromatic rings. The number of allylic oxidation sites excluding steroid dienone is 2. The molecule has 1 amide bonds. The standard InChI is InChI=1S/C51H61NO6/c1-33-9-8-25-50(4)45(43-23-13-34(27-40(53)19-12-33)28-44(43)47(54)36-16-20-41(57-5)21-17-36)24-26-51(50,56)32-52(31-38-14-18-39-30-46(38)49(39,2)3)48(55)58-42-22-15-35-10-6-7-11-37(35)29-42/h6-7,9-11,13,15-17,20-23,28-29,38-40,45-46,53,56H,8,12,14,18-19,24-27,30-32H2,1-5H3/t38-,39-,40-,45-,46-,50-,51+/m0/s1. The van der Waals surface area contributed by atoms with Gasteiger partial charge in [0, 0.05) is 23.1 Å². The maximum atomic E-state index is 14.6. The quantitative estimate of drug-likeness (QED) is 0.136. The third-order valence-corrected chi connectivity index (χ3v) is 15.4. The fraction of sp³-hybridized carbons (Fsp3) is 0.490. The number of aliphatic hydroxyl groups excluding tert-OH is 1. The Balaban J connectivity index is 1.17. The Hall–Kier alpha value is -4.46. The SMILES string of the molecule is COc1ccc(C(=O)c2cc3ccc2[C@@H]2CC[C@@](O)(CN(C[C@@H]4CC[C@H]5C[C@@H]4C5(C)C)C(=O)Oc4ccc5ccccc5c4)[C@@]2(C)CCC=C(C)CC[C@H](O)C3)cc1. The van der Waals surface area contributed by atoms with Crippen LogP contribution in [-0.2, 0) is 6.42 Å². The van der Waals surface area contributed by atoms with Crippen LogP contribution in [0.3, 0.4) is 0 Å².